The van der Waals surface area contributed by atoms with Crippen molar-refractivity contribution in [3.63, 3.8) is 0 Å². The predicted molar refractivity (Wildman–Crippen MR) is 95.6 cm³/mol. The number of nitrogens with zero attached hydrogens (tertiary/aromatic N) is 3. The molecule has 1 aromatic carbocycles. The Morgan fingerprint density at radius 2 is 1.92 bits per heavy atom. The molecule has 1 aromatic heterocycles. The first-order chi connectivity index (χ1) is 11.5. The third kappa shape index (κ3) is 3.44. The Kier molecular flexibility index (Phi) is 4.87. The Balaban J connectivity index is 1.62. The number of piperazine rings is 1. The van der Waals surface area contributed by atoms with Gasteiger partial charge in [-0.15, -0.1) is 11.3 Å². The molecule has 1 amide bonds. The van der Waals surface area contributed by atoms with Crippen molar-refractivity contribution in [2.75, 3.05) is 26.2 Å². The number of aromatic nitrogens is 1. The number of hydrogen-bond donors (Lipinski definition) is 1. The van der Waals surface area contributed by atoms with E-state index in [-0.39, 0.29) is 11.7 Å². The second-order valence-electron chi connectivity index (χ2n) is 6.33. The van der Waals surface area contributed by atoms with Gasteiger partial charge in [0.25, 0.3) is 5.91 Å². The quantitative estimate of drug-likeness (QED) is 0.929. The van der Waals surface area contributed by atoms with Crippen LogP contribution in [-0.2, 0) is 6.54 Å². The lowest BCUT2D eigenvalue weighted by Gasteiger charge is -2.34. The maximum Gasteiger partial charge on any atom is 0.257 e. The van der Waals surface area contributed by atoms with Crippen LogP contribution < -0.4 is 0 Å². The van der Waals surface area contributed by atoms with Crippen molar-refractivity contribution in [3.8, 4) is 5.75 Å². The van der Waals surface area contributed by atoms with E-state index in [2.05, 4.69) is 15.3 Å². The maximum atomic E-state index is 12.7. The molecule has 5 nitrogen and oxygen atoms in total. The second kappa shape index (κ2) is 6.91. The molecule has 0 spiro atoms. The number of aryl methyl sites for hydroxylation is 2. The van der Waals surface area contributed by atoms with Gasteiger partial charge < -0.3 is 10.0 Å². The van der Waals surface area contributed by atoms with E-state index in [1.54, 1.807) is 17.4 Å². The van der Waals surface area contributed by atoms with Gasteiger partial charge in [-0.2, -0.15) is 0 Å². The molecule has 0 unspecified atom stereocenters. The SMILES string of the molecule is Cc1nc(CN2CCN(C(=O)c3ccc(C)c(C)c3O)CC2)cs1. The van der Waals surface area contributed by atoms with Crippen LogP contribution in [0.2, 0.25) is 0 Å². The van der Waals surface area contributed by atoms with Crippen molar-refractivity contribution >= 4 is 17.2 Å². The minimum Gasteiger partial charge on any atom is -0.507 e. The first-order valence-corrected chi connectivity index (χ1v) is 9.05. The first-order valence-electron chi connectivity index (χ1n) is 8.17. The number of hydrogen-bond acceptors (Lipinski definition) is 5. The maximum absolute atomic E-state index is 12.7. The van der Waals surface area contributed by atoms with E-state index in [1.807, 2.05) is 31.7 Å². The van der Waals surface area contributed by atoms with Crippen LogP contribution >= 0.6 is 11.3 Å². The van der Waals surface area contributed by atoms with Gasteiger partial charge in [-0.3, -0.25) is 9.69 Å². The summed E-state index contributed by atoms with van der Waals surface area (Å²) in [6, 6.07) is 3.62. The molecule has 1 saturated heterocycles. The van der Waals surface area contributed by atoms with E-state index in [4.69, 9.17) is 0 Å². The molecule has 2 aromatic rings. The Morgan fingerprint density at radius 1 is 1.21 bits per heavy atom. The molecule has 1 fully saturated rings. The summed E-state index contributed by atoms with van der Waals surface area (Å²) in [5.41, 5.74) is 3.27. The highest BCUT2D eigenvalue weighted by Gasteiger charge is 2.25. The Hall–Kier alpha value is -1.92. The second-order valence-corrected chi connectivity index (χ2v) is 7.39. The fourth-order valence-electron chi connectivity index (χ4n) is 2.96. The topological polar surface area (TPSA) is 56.7 Å². The highest BCUT2D eigenvalue weighted by molar-refractivity contribution is 7.09. The summed E-state index contributed by atoms with van der Waals surface area (Å²) in [7, 11) is 0. The van der Waals surface area contributed by atoms with Gasteiger partial charge in [-0.05, 0) is 38.0 Å². The van der Waals surface area contributed by atoms with Gasteiger partial charge in [0.15, 0.2) is 0 Å². The van der Waals surface area contributed by atoms with Gasteiger partial charge in [0.2, 0.25) is 0 Å². The molecule has 0 atom stereocenters. The van der Waals surface area contributed by atoms with Crippen LogP contribution in [0.1, 0.15) is 32.2 Å². The monoisotopic (exact) mass is 345 g/mol. The smallest absolute Gasteiger partial charge is 0.257 e. The molecule has 1 aliphatic rings. The third-order valence-corrected chi connectivity index (χ3v) is 5.47. The van der Waals surface area contributed by atoms with E-state index in [0.29, 0.717) is 18.7 Å². The minimum atomic E-state index is -0.0836. The summed E-state index contributed by atoms with van der Waals surface area (Å²) in [6.45, 7) is 9.63. The number of benzene rings is 1. The largest absolute Gasteiger partial charge is 0.507 e. The number of aromatic hydroxyl groups is 1. The van der Waals surface area contributed by atoms with E-state index >= 15 is 0 Å². The molecule has 0 bridgehead atoms. The van der Waals surface area contributed by atoms with Crippen molar-refractivity contribution in [1.29, 1.82) is 0 Å². The van der Waals surface area contributed by atoms with Gasteiger partial charge in [-0.25, -0.2) is 4.98 Å². The molecule has 1 aliphatic heterocycles. The van der Waals surface area contributed by atoms with E-state index in [1.165, 1.54) is 0 Å². The molecular weight excluding hydrogens is 322 g/mol. The van der Waals surface area contributed by atoms with Crippen LogP contribution in [0, 0.1) is 20.8 Å². The van der Waals surface area contributed by atoms with Gasteiger partial charge in [0.1, 0.15) is 5.75 Å². The lowest BCUT2D eigenvalue weighted by atomic mass is 10.0. The summed E-state index contributed by atoms with van der Waals surface area (Å²) in [4.78, 5) is 21.3. The number of rotatable bonds is 3. The molecule has 128 valence electrons. The Labute approximate surface area is 146 Å². The van der Waals surface area contributed by atoms with E-state index < -0.39 is 0 Å². The molecule has 0 saturated carbocycles. The number of carbonyl (C=O) groups is 1. The molecule has 0 aliphatic carbocycles. The van der Waals surface area contributed by atoms with Crippen LogP contribution in [0.3, 0.4) is 0 Å². The van der Waals surface area contributed by atoms with Crippen molar-refractivity contribution in [1.82, 2.24) is 14.8 Å². The van der Waals surface area contributed by atoms with Crippen molar-refractivity contribution < 1.29 is 9.90 Å². The summed E-state index contributed by atoms with van der Waals surface area (Å²) in [6.07, 6.45) is 0. The van der Waals surface area contributed by atoms with Crippen molar-refractivity contribution in [2.24, 2.45) is 0 Å². The average molecular weight is 345 g/mol. The van der Waals surface area contributed by atoms with E-state index in [0.717, 1.165) is 41.5 Å². The number of phenols is 1. The number of carbonyl (C=O) groups excluding carboxylic acids is 1. The van der Waals surface area contributed by atoms with Crippen LogP contribution in [0.4, 0.5) is 0 Å². The molecule has 6 heteroatoms. The molecule has 3 rings (SSSR count). The fourth-order valence-corrected chi connectivity index (χ4v) is 3.57. The number of phenolic OH excluding ortho intramolecular Hbond substituents is 1. The number of thiazole rings is 1. The Bertz CT molecular complexity index is 749. The zero-order valence-electron chi connectivity index (χ0n) is 14.4. The minimum absolute atomic E-state index is 0.0836. The summed E-state index contributed by atoms with van der Waals surface area (Å²) >= 11 is 1.67. The average Bonchev–Trinajstić information content (AvgIpc) is 2.98. The standard InChI is InChI=1S/C18H23N3O2S/c1-12-4-5-16(17(22)13(12)2)18(23)21-8-6-20(7-9-21)10-15-11-24-14(3)19-15/h4-5,11,22H,6-10H2,1-3H3. The predicted octanol–water partition coefficient (Wildman–Crippen LogP) is 2.73. The first kappa shape index (κ1) is 16.9. The lowest BCUT2D eigenvalue weighted by Crippen LogP contribution is -2.48. The van der Waals surface area contributed by atoms with Crippen LogP contribution in [-0.4, -0.2) is 52.0 Å². The number of amides is 1. The van der Waals surface area contributed by atoms with Crippen molar-refractivity contribution in [3.05, 3.63) is 44.9 Å². The normalized spacial score (nSPS) is 15.7. The third-order valence-electron chi connectivity index (χ3n) is 4.64. The highest BCUT2D eigenvalue weighted by atomic mass is 32.1. The zero-order valence-corrected chi connectivity index (χ0v) is 15.2. The van der Waals surface area contributed by atoms with E-state index in [9.17, 15) is 9.90 Å². The summed E-state index contributed by atoms with van der Waals surface area (Å²) < 4.78 is 0. The zero-order chi connectivity index (χ0) is 17.3. The summed E-state index contributed by atoms with van der Waals surface area (Å²) in [5.74, 6) is 0.0279. The van der Waals surface area contributed by atoms with Crippen LogP contribution in [0.5, 0.6) is 5.75 Å². The summed E-state index contributed by atoms with van der Waals surface area (Å²) in [5, 5.41) is 13.4. The highest BCUT2D eigenvalue weighted by Crippen LogP contribution is 2.26. The van der Waals surface area contributed by atoms with Crippen molar-refractivity contribution in [2.45, 2.75) is 27.3 Å². The van der Waals surface area contributed by atoms with Gasteiger partial charge in [0.05, 0.1) is 16.3 Å². The Morgan fingerprint density at radius 3 is 2.54 bits per heavy atom. The van der Waals surface area contributed by atoms with Gasteiger partial charge >= 0.3 is 0 Å². The van der Waals surface area contributed by atoms with Crippen LogP contribution in [0.15, 0.2) is 17.5 Å². The molecular formula is C18H23N3O2S. The molecule has 1 N–H and O–H groups in total. The molecule has 2 heterocycles. The lowest BCUT2D eigenvalue weighted by molar-refractivity contribution is 0.0624. The molecule has 24 heavy (non-hydrogen) atoms. The van der Waals surface area contributed by atoms with Gasteiger partial charge in [-0.1, -0.05) is 6.07 Å². The van der Waals surface area contributed by atoms with Crippen LogP contribution in [0.25, 0.3) is 0 Å². The van der Waals surface area contributed by atoms with Gasteiger partial charge in [0, 0.05) is 38.1 Å². The fraction of sp³-hybridized carbons (Fsp3) is 0.444. The molecule has 0 radical (unpaired) electrons.